The quantitative estimate of drug-likeness (QED) is 0.728. The minimum Gasteiger partial charge on any atom is -0.494 e. The lowest BCUT2D eigenvalue weighted by atomic mass is 10.2. The van der Waals surface area contributed by atoms with E-state index in [-0.39, 0.29) is 0 Å². The fourth-order valence-electron chi connectivity index (χ4n) is 3.07. The summed E-state index contributed by atoms with van der Waals surface area (Å²) in [4.78, 5) is 11.5. The van der Waals surface area contributed by atoms with E-state index in [0.29, 0.717) is 0 Å². The summed E-state index contributed by atoms with van der Waals surface area (Å²) in [7, 11) is 1.69. The number of nitrogens with zero attached hydrogens (tertiary/aromatic N) is 1. The fourth-order valence-corrected chi connectivity index (χ4v) is 3.07. The molecule has 0 fully saturated rings. The number of hydrogen-bond donors (Lipinski definition) is 2. The first-order valence-corrected chi connectivity index (χ1v) is 7.95. The van der Waals surface area contributed by atoms with Gasteiger partial charge in [0.05, 0.1) is 28.9 Å². The molecule has 120 valence electrons. The van der Waals surface area contributed by atoms with E-state index >= 15 is 0 Å². The van der Waals surface area contributed by atoms with Gasteiger partial charge in [-0.1, -0.05) is 18.2 Å². The van der Waals surface area contributed by atoms with E-state index in [2.05, 4.69) is 48.1 Å². The highest BCUT2D eigenvalue weighted by molar-refractivity contribution is 5.76. The van der Waals surface area contributed by atoms with Crippen LogP contribution in [0.5, 0.6) is 5.75 Å². The molecule has 2 N–H and O–H groups in total. The molecule has 0 radical (unpaired) electrons. The lowest BCUT2D eigenvalue weighted by Gasteiger charge is -1.94. The van der Waals surface area contributed by atoms with Crippen molar-refractivity contribution >= 4 is 17.8 Å². The fraction of sp³-hybridized carbons (Fsp3) is 0.150. The Kier molecular flexibility index (Phi) is 3.38. The van der Waals surface area contributed by atoms with Crippen molar-refractivity contribution in [2.24, 2.45) is 4.99 Å². The Balaban J connectivity index is 1.93. The minimum atomic E-state index is 0.809. The molecule has 1 aliphatic heterocycles. The topological polar surface area (TPSA) is 53.2 Å². The molecular weight excluding hydrogens is 298 g/mol. The molecule has 0 saturated heterocycles. The van der Waals surface area contributed by atoms with Crippen molar-refractivity contribution < 1.29 is 4.74 Å². The number of nitrogens with one attached hydrogen (secondary N) is 2. The van der Waals surface area contributed by atoms with Crippen LogP contribution < -0.4 is 26.0 Å². The Morgan fingerprint density at radius 2 is 1.92 bits per heavy atom. The lowest BCUT2D eigenvalue weighted by molar-refractivity contribution is 0.412. The first-order valence-electron chi connectivity index (χ1n) is 7.95. The average molecular weight is 317 g/mol. The smallest absolute Gasteiger partial charge is 0.144 e. The van der Waals surface area contributed by atoms with Crippen molar-refractivity contribution in [3.63, 3.8) is 0 Å². The van der Waals surface area contributed by atoms with Crippen LogP contribution in [0.15, 0.2) is 41.4 Å². The molecule has 0 unspecified atom stereocenters. The van der Waals surface area contributed by atoms with Crippen molar-refractivity contribution in [2.45, 2.75) is 13.8 Å². The number of rotatable bonds is 2. The van der Waals surface area contributed by atoms with Crippen molar-refractivity contribution in [1.82, 2.24) is 9.97 Å². The van der Waals surface area contributed by atoms with Gasteiger partial charge in [-0.25, -0.2) is 4.99 Å². The van der Waals surface area contributed by atoms with Gasteiger partial charge in [0, 0.05) is 22.7 Å². The normalized spacial score (nSPS) is 15.9. The van der Waals surface area contributed by atoms with E-state index in [1.807, 2.05) is 24.3 Å². The third kappa shape index (κ3) is 2.46. The maximum absolute atomic E-state index is 5.54. The Morgan fingerprint density at radius 1 is 1.08 bits per heavy atom. The van der Waals surface area contributed by atoms with Crippen LogP contribution >= 0.6 is 0 Å². The number of fused-ring (bicyclic) bond motifs is 1. The highest BCUT2D eigenvalue weighted by Gasteiger charge is 2.06. The number of para-hydroxylation sites is 1. The maximum atomic E-state index is 5.54. The second kappa shape index (κ2) is 5.57. The van der Waals surface area contributed by atoms with E-state index in [0.717, 1.165) is 44.1 Å². The van der Waals surface area contributed by atoms with Crippen LogP contribution in [0.25, 0.3) is 17.8 Å². The zero-order valence-electron chi connectivity index (χ0n) is 14.0. The van der Waals surface area contributed by atoms with Gasteiger partial charge in [0.2, 0.25) is 0 Å². The van der Waals surface area contributed by atoms with Gasteiger partial charge in [-0.15, -0.1) is 0 Å². The van der Waals surface area contributed by atoms with Crippen LogP contribution in [0.2, 0.25) is 0 Å². The van der Waals surface area contributed by atoms with Gasteiger partial charge < -0.3 is 14.7 Å². The summed E-state index contributed by atoms with van der Waals surface area (Å²) in [5.74, 6) is 0.809. The van der Waals surface area contributed by atoms with E-state index in [4.69, 9.17) is 9.73 Å². The molecule has 24 heavy (non-hydrogen) atoms. The van der Waals surface area contributed by atoms with Crippen molar-refractivity contribution in [2.75, 3.05) is 7.11 Å². The number of H-pyrrole nitrogens is 2. The average Bonchev–Trinajstić information content (AvgIpc) is 3.24. The summed E-state index contributed by atoms with van der Waals surface area (Å²) in [6.07, 6.45) is 4.17. The van der Waals surface area contributed by atoms with E-state index in [1.165, 1.54) is 5.56 Å². The third-order valence-corrected chi connectivity index (χ3v) is 4.25. The Morgan fingerprint density at radius 3 is 2.62 bits per heavy atom. The predicted octanol–water partition coefficient (Wildman–Crippen LogP) is 1.02. The summed E-state index contributed by atoms with van der Waals surface area (Å²) < 4.78 is 5.54. The number of ether oxygens (including phenoxy) is 1. The third-order valence-electron chi connectivity index (χ3n) is 4.25. The molecule has 0 aliphatic carbocycles. The molecule has 4 heteroatoms. The summed E-state index contributed by atoms with van der Waals surface area (Å²) in [5, 5.41) is 4.03. The Bertz CT molecular complexity index is 1130. The molecule has 1 aliphatic rings. The lowest BCUT2D eigenvalue weighted by Crippen LogP contribution is -2.19. The van der Waals surface area contributed by atoms with Crippen molar-refractivity contribution in [3.05, 3.63) is 74.6 Å². The molecule has 2 aromatic heterocycles. The monoisotopic (exact) mass is 317 g/mol. The molecule has 0 amide bonds. The molecule has 3 aromatic rings. The maximum Gasteiger partial charge on any atom is 0.144 e. The van der Waals surface area contributed by atoms with E-state index < -0.39 is 0 Å². The Hall–Kier alpha value is -3.01. The standard InChI is InChI=1S/C20H19N3O/c1-12-8-13(2)21-16(12)10-19-20(24-3)11-18(23-19)17-9-14-6-4-5-7-15(14)22-17/h4-11,21,23H,1-3H3/b18-17?,19-10-. The molecule has 3 heterocycles. The minimum absolute atomic E-state index is 0.809. The second-order valence-corrected chi connectivity index (χ2v) is 6.06. The summed E-state index contributed by atoms with van der Waals surface area (Å²) in [6.45, 7) is 4.15. The first kappa shape index (κ1) is 14.6. The van der Waals surface area contributed by atoms with Gasteiger partial charge >= 0.3 is 0 Å². The number of aromatic nitrogens is 2. The largest absolute Gasteiger partial charge is 0.494 e. The van der Waals surface area contributed by atoms with Gasteiger partial charge in [0.25, 0.3) is 0 Å². The van der Waals surface area contributed by atoms with Gasteiger partial charge in [0.15, 0.2) is 0 Å². The Labute approximate surface area is 139 Å². The van der Waals surface area contributed by atoms with Crippen LogP contribution in [0.1, 0.15) is 17.0 Å². The zero-order chi connectivity index (χ0) is 16.7. The summed E-state index contributed by atoms with van der Waals surface area (Å²) >= 11 is 0. The number of aromatic amines is 2. The molecule has 4 rings (SSSR count). The van der Waals surface area contributed by atoms with Crippen LogP contribution in [0.4, 0.5) is 0 Å². The molecule has 0 saturated carbocycles. The zero-order valence-corrected chi connectivity index (χ0v) is 14.0. The summed E-state index contributed by atoms with van der Waals surface area (Å²) in [5.41, 5.74) is 4.37. The number of hydrogen-bond acceptors (Lipinski definition) is 2. The number of methoxy groups -OCH3 is 1. The van der Waals surface area contributed by atoms with E-state index in [1.54, 1.807) is 7.11 Å². The molecule has 0 bridgehead atoms. The van der Waals surface area contributed by atoms with Crippen LogP contribution in [-0.2, 0) is 0 Å². The first-order chi connectivity index (χ1) is 11.6. The summed E-state index contributed by atoms with van der Waals surface area (Å²) in [6, 6.07) is 12.3. The van der Waals surface area contributed by atoms with Gasteiger partial charge in [-0.3, -0.25) is 0 Å². The van der Waals surface area contributed by atoms with Gasteiger partial charge in [0.1, 0.15) is 5.75 Å². The van der Waals surface area contributed by atoms with Gasteiger partial charge in [-0.2, -0.15) is 0 Å². The van der Waals surface area contributed by atoms with Crippen LogP contribution in [0.3, 0.4) is 0 Å². The van der Waals surface area contributed by atoms with Crippen LogP contribution in [0, 0.1) is 13.8 Å². The molecule has 1 aromatic carbocycles. The highest BCUT2D eigenvalue weighted by Crippen LogP contribution is 2.10. The molecule has 0 spiro atoms. The SMILES string of the molecule is COc1cc(=C2C=c3ccccc3=N2)[nH]/c1=C\c1[nH]c(C)cc1C. The molecular formula is C20H19N3O. The van der Waals surface area contributed by atoms with Crippen molar-refractivity contribution in [1.29, 1.82) is 0 Å². The molecule has 0 atom stereocenters. The number of aryl methyl sites for hydroxylation is 2. The second-order valence-electron chi connectivity index (χ2n) is 6.06. The highest BCUT2D eigenvalue weighted by atomic mass is 16.5. The number of benzene rings is 1. The van der Waals surface area contributed by atoms with Gasteiger partial charge in [-0.05, 0) is 43.7 Å². The van der Waals surface area contributed by atoms with Crippen LogP contribution in [-0.4, -0.2) is 17.1 Å². The van der Waals surface area contributed by atoms with Crippen molar-refractivity contribution in [3.8, 4) is 5.75 Å². The van der Waals surface area contributed by atoms with E-state index in [9.17, 15) is 0 Å². The predicted molar refractivity (Wildman–Crippen MR) is 95.5 cm³/mol. The molecule has 4 nitrogen and oxygen atoms in total.